The van der Waals surface area contributed by atoms with Gasteiger partial charge in [0.15, 0.2) is 6.10 Å². The Hall–Kier alpha value is -1.14. The standard InChI is InChI=1S/C23H37BrN2O3/c1-14(2)28-21(27)20(29-22(5,6)7)17-15(3)25-16(4)18(24)19(17)26-12-10-23(8,9)11-13-26/h14,20H,10-13H2,1-9H3/t20-/m0/s1. The molecule has 0 aliphatic carbocycles. The highest BCUT2D eigenvalue weighted by molar-refractivity contribution is 9.10. The molecular formula is C23H37BrN2O3. The first-order valence-electron chi connectivity index (χ1n) is 10.5. The van der Waals surface area contributed by atoms with E-state index in [0.717, 1.165) is 53.0 Å². The van der Waals surface area contributed by atoms with E-state index in [0.29, 0.717) is 5.41 Å². The Morgan fingerprint density at radius 1 is 1.14 bits per heavy atom. The topological polar surface area (TPSA) is 51.7 Å². The van der Waals surface area contributed by atoms with Crippen LogP contribution in [0, 0.1) is 19.3 Å². The summed E-state index contributed by atoms with van der Waals surface area (Å²) in [6.07, 6.45) is 1.16. The van der Waals surface area contributed by atoms with Crippen LogP contribution in [0.3, 0.4) is 0 Å². The van der Waals surface area contributed by atoms with Crippen molar-refractivity contribution in [3.05, 3.63) is 21.4 Å². The van der Waals surface area contributed by atoms with Crippen LogP contribution in [-0.4, -0.2) is 35.7 Å². The van der Waals surface area contributed by atoms with Crippen LogP contribution in [-0.2, 0) is 14.3 Å². The number of rotatable bonds is 5. The summed E-state index contributed by atoms with van der Waals surface area (Å²) in [5, 5.41) is 0. The van der Waals surface area contributed by atoms with Gasteiger partial charge in [-0.15, -0.1) is 0 Å². The van der Waals surface area contributed by atoms with Crippen molar-refractivity contribution < 1.29 is 14.3 Å². The summed E-state index contributed by atoms with van der Waals surface area (Å²) in [7, 11) is 0. The van der Waals surface area contributed by atoms with Crippen LogP contribution in [0.5, 0.6) is 0 Å². The summed E-state index contributed by atoms with van der Waals surface area (Å²) in [5.74, 6) is -0.367. The van der Waals surface area contributed by atoms with E-state index in [1.54, 1.807) is 0 Å². The van der Waals surface area contributed by atoms with Crippen LogP contribution < -0.4 is 4.90 Å². The molecule has 0 bridgehead atoms. The molecule has 0 N–H and O–H groups in total. The molecule has 1 aromatic heterocycles. The van der Waals surface area contributed by atoms with Crippen LogP contribution in [0.4, 0.5) is 5.69 Å². The largest absolute Gasteiger partial charge is 0.461 e. The van der Waals surface area contributed by atoms with Crippen molar-refractivity contribution in [3.8, 4) is 0 Å². The molecule has 1 aliphatic rings. The van der Waals surface area contributed by atoms with Crippen LogP contribution in [0.25, 0.3) is 0 Å². The van der Waals surface area contributed by atoms with Gasteiger partial charge in [-0.25, -0.2) is 4.79 Å². The Bertz CT molecular complexity index is 743. The molecule has 1 saturated heterocycles. The maximum Gasteiger partial charge on any atom is 0.340 e. The van der Waals surface area contributed by atoms with Crippen LogP contribution in [0.2, 0.25) is 0 Å². The SMILES string of the molecule is Cc1nc(C)c([C@H](OC(C)(C)C)C(=O)OC(C)C)c(N2CCC(C)(C)CC2)c1Br. The summed E-state index contributed by atoms with van der Waals surface area (Å²) < 4.78 is 12.8. The van der Waals surface area contributed by atoms with Crippen LogP contribution in [0.1, 0.15) is 84.4 Å². The van der Waals surface area contributed by atoms with Gasteiger partial charge < -0.3 is 14.4 Å². The molecule has 164 valence electrons. The highest BCUT2D eigenvalue weighted by atomic mass is 79.9. The number of aromatic nitrogens is 1. The van der Waals surface area contributed by atoms with Crippen molar-refractivity contribution in [1.82, 2.24) is 4.98 Å². The van der Waals surface area contributed by atoms with Gasteiger partial charge in [-0.1, -0.05) is 13.8 Å². The molecule has 29 heavy (non-hydrogen) atoms. The fourth-order valence-electron chi connectivity index (χ4n) is 3.65. The third-order valence-corrected chi connectivity index (χ3v) is 6.19. The summed E-state index contributed by atoms with van der Waals surface area (Å²) in [6, 6.07) is 0. The minimum atomic E-state index is -0.827. The Balaban J connectivity index is 2.60. The van der Waals surface area contributed by atoms with Gasteiger partial charge in [-0.05, 0) is 82.7 Å². The minimum absolute atomic E-state index is 0.213. The molecule has 5 nitrogen and oxygen atoms in total. The zero-order valence-electron chi connectivity index (χ0n) is 19.5. The monoisotopic (exact) mass is 468 g/mol. The van der Waals surface area contributed by atoms with Crippen molar-refractivity contribution in [3.63, 3.8) is 0 Å². The number of aryl methyl sites for hydroxylation is 2. The third kappa shape index (κ3) is 6.17. The highest BCUT2D eigenvalue weighted by Gasteiger charge is 2.37. The quantitative estimate of drug-likeness (QED) is 0.503. The molecule has 0 aromatic carbocycles. The van der Waals surface area contributed by atoms with Crippen LogP contribution in [0.15, 0.2) is 4.47 Å². The first-order valence-corrected chi connectivity index (χ1v) is 11.3. The van der Waals surface area contributed by atoms with E-state index in [2.05, 4.69) is 34.7 Å². The molecule has 1 aromatic rings. The first-order chi connectivity index (χ1) is 13.2. The number of carbonyl (C=O) groups excluding carboxylic acids is 1. The van der Waals surface area contributed by atoms with Gasteiger partial charge in [-0.2, -0.15) is 0 Å². The first kappa shape index (κ1) is 24.1. The number of anilines is 1. The Labute approximate surface area is 184 Å². The highest BCUT2D eigenvalue weighted by Crippen LogP contribution is 2.43. The molecule has 6 heteroatoms. The maximum absolute atomic E-state index is 13.1. The summed E-state index contributed by atoms with van der Waals surface area (Å²) in [6.45, 7) is 20.0. The number of carbonyl (C=O) groups is 1. The second kappa shape index (κ2) is 8.93. The second-order valence-corrected chi connectivity index (χ2v) is 10.9. The maximum atomic E-state index is 13.1. The van der Waals surface area contributed by atoms with E-state index in [1.807, 2.05) is 48.5 Å². The average Bonchev–Trinajstić information content (AvgIpc) is 2.55. The smallest absolute Gasteiger partial charge is 0.340 e. The predicted molar refractivity (Wildman–Crippen MR) is 121 cm³/mol. The number of halogens is 1. The molecule has 0 amide bonds. The summed E-state index contributed by atoms with van der Waals surface area (Å²) >= 11 is 3.77. The van der Waals surface area contributed by atoms with E-state index >= 15 is 0 Å². The van der Waals surface area contributed by atoms with Crippen molar-refractivity contribution in [2.24, 2.45) is 5.41 Å². The molecule has 0 unspecified atom stereocenters. The summed E-state index contributed by atoms with van der Waals surface area (Å²) in [5.41, 5.74) is 3.37. The van der Waals surface area contributed by atoms with Crippen molar-refractivity contribution >= 4 is 27.6 Å². The molecular weight excluding hydrogens is 432 g/mol. The lowest BCUT2D eigenvalue weighted by Crippen LogP contribution is -2.39. The van der Waals surface area contributed by atoms with Gasteiger partial charge in [0.05, 0.1) is 27.6 Å². The zero-order chi connectivity index (χ0) is 22.1. The zero-order valence-corrected chi connectivity index (χ0v) is 21.1. The van der Waals surface area contributed by atoms with E-state index in [-0.39, 0.29) is 12.1 Å². The number of pyridine rings is 1. The lowest BCUT2D eigenvalue weighted by atomic mass is 9.82. The number of piperidine rings is 1. The number of esters is 1. The molecule has 0 spiro atoms. The molecule has 0 radical (unpaired) electrons. The predicted octanol–water partition coefficient (Wildman–Crippen LogP) is 5.90. The van der Waals surface area contributed by atoms with Crippen molar-refractivity contribution in [1.29, 1.82) is 0 Å². The van der Waals surface area contributed by atoms with Gasteiger partial charge in [0, 0.05) is 24.3 Å². The number of hydrogen-bond acceptors (Lipinski definition) is 5. The summed E-state index contributed by atoms with van der Waals surface area (Å²) in [4.78, 5) is 20.2. The average molecular weight is 469 g/mol. The van der Waals surface area contributed by atoms with E-state index in [9.17, 15) is 4.79 Å². The van der Waals surface area contributed by atoms with Crippen LogP contribution >= 0.6 is 15.9 Å². The van der Waals surface area contributed by atoms with E-state index in [1.165, 1.54) is 0 Å². The molecule has 0 saturated carbocycles. The fraction of sp³-hybridized carbons (Fsp3) is 0.739. The number of nitrogens with zero attached hydrogens (tertiary/aromatic N) is 2. The van der Waals surface area contributed by atoms with E-state index < -0.39 is 11.7 Å². The van der Waals surface area contributed by atoms with Crippen molar-refractivity contribution in [2.45, 2.75) is 93.0 Å². The Morgan fingerprint density at radius 3 is 2.17 bits per heavy atom. The third-order valence-electron chi connectivity index (χ3n) is 5.24. The van der Waals surface area contributed by atoms with Gasteiger partial charge in [0.25, 0.3) is 0 Å². The molecule has 2 rings (SSSR count). The van der Waals surface area contributed by atoms with Gasteiger partial charge in [0.1, 0.15) is 0 Å². The van der Waals surface area contributed by atoms with Gasteiger partial charge >= 0.3 is 5.97 Å². The normalized spacial score (nSPS) is 18.1. The van der Waals surface area contributed by atoms with E-state index in [4.69, 9.17) is 14.5 Å². The second-order valence-electron chi connectivity index (χ2n) is 10.1. The van der Waals surface area contributed by atoms with Crippen molar-refractivity contribution in [2.75, 3.05) is 18.0 Å². The molecule has 1 atom stereocenters. The van der Waals surface area contributed by atoms with Gasteiger partial charge in [0.2, 0.25) is 0 Å². The molecule has 1 fully saturated rings. The lowest BCUT2D eigenvalue weighted by molar-refractivity contribution is -0.171. The number of hydrogen-bond donors (Lipinski definition) is 0. The minimum Gasteiger partial charge on any atom is -0.461 e. The Kier molecular flexibility index (Phi) is 7.43. The van der Waals surface area contributed by atoms with Gasteiger partial charge in [-0.3, -0.25) is 4.98 Å². The molecule has 2 heterocycles. The lowest BCUT2D eigenvalue weighted by Gasteiger charge is -2.40. The molecule has 1 aliphatic heterocycles. The number of ether oxygens (including phenoxy) is 2. The Morgan fingerprint density at radius 2 is 1.69 bits per heavy atom. The fourth-order valence-corrected chi connectivity index (χ4v) is 4.21.